The summed E-state index contributed by atoms with van der Waals surface area (Å²) in [5.41, 5.74) is 1.10. The van der Waals surface area contributed by atoms with Gasteiger partial charge >= 0.3 is 12.2 Å². The number of hydrogen-bond acceptors (Lipinski definition) is 4. The van der Waals surface area contributed by atoms with E-state index in [9.17, 15) is 18.0 Å². The number of aliphatic hydroxyl groups is 1. The molecule has 1 aromatic carbocycles. The van der Waals surface area contributed by atoms with E-state index >= 15 is 0 Å². The highest BCUT2D eigenvalue weighted by Gasteiger charge is 2.41. The summed E-state index contributed by atoms with van der Waals surface area (Å²) in [5.74, 6) is -0.795. The van der Waals surface area contributed by atoms with Gasteiger partial charge in [0.15, 0.2) is 5.82 Å². The van der Waals surface area contributed by atoms with Crippen LogP contribution in [0.5, 0.6) is 0 Å². The predicted octanol–water partition coefficient (Wildman–Crippen LogP) is 4.50. The zero-order valence-electron chi connectivity index (χ0n) is 16.1. The number of carbonyl (C=O) groups is 1. The average molecular weight is 410 g/mol. The van der Waals surface area contributed by atoms with Crippen LogP contribution in [0.1, 0.15) is 19.8 Å². The van der Waals surface area contributed by atoms with Gasteiger partial charge in [0.2, 0.25) is 0 Å². The average Bonchev–Trinajstić information content (AvgIpc) is 2.69. The highest BCUT2D eigenvalue weighted by Crippen LogP contribution is 2.36. The molecular formula is C20H25F3N4O2. The molecule has 3 N–H and O–H groups in total. The molecule has 2 amide bonds. The summed E-state index contributed by atoms with van der Waals surface area (Å²) < 4.78 is 38.5. The first kappa shape index (κ1) is 22.5. The molecule has 6 nitrogen and oxygen atoms in total. The molecule has 1 aliphatic heterocycles. The molecule has 0 saturated carbocycles. The summed E-state index contributed by atoms with van der Waals surface area (Å²) in [5, 5.41) is 13.0. The van der Waals surface area contributed by atoms with Gasteiger partial charge in [-0.25, -0.2) is 9.78 Å². The Morgan fingerprint density at radius 2 is 1.76 bits per heavy atom. The second kappa shape index (κ2) is 10.7. The van der Waals surface area contributed by atoms with Crippen LogP contribution in [0.25, 0.3) is 0 Å². The molecule has 2 heterocycles. The monoisotopic (exact) mass is 410 g/mol. The van der Waals surface area contributed by atoms with E-state index in [-0.39, 0.29) is 32.5 Å². The molecule has 1 fully saturated rings. The van der Waals surface area contributed by atoms with E-state index in [0.29, 0.717) is 17.2 Å². The van der Waals surface area contributed by atoms with Crippen molar-refractivity contribution < 1.29 is 23.1 Å². The normalized spacial score (nSPS) is 14.6. The van der Waals surface area contributed by atoms with Crippen LogP contribution in [-0.2, 0) is 0 Å². The molecule has 158 valence electrons. The fourth-order valence-electron chi connectivity index (χ4n) is 2.97. The summed E-state index contributed by atoms with van der Waals surface area (Å²) >= 11 is 0. The molecule has 3 rings (SSSR count). The minimum atomic E-state index is -4.16. The zero-order chi connectivity index (χ0) is 21.3. The number of anilines is 3. The van der Waals surface area contributed by atoms with Crippen molar-refractivity contribution >= 4 is 23.2 Å². The highest BCUT2D eigenvalue weighted by molar-refractivity contribution is 6.01. The number of pyridine rings is 1. The lowest BCUT2D eigenvalue weighted by Crippen LogP contribution is -2.39. The van der Waals surface area contributed by atoms with Crippen LogP contribution in [0, 0.1) is 5.92 Å². The molecule has 0 radical (unpaired) electrons. The third-order valence-corrected chi connectivity index (χ3v) is 4.32. The smallest absolute Gasteiger partial charge is 0.391 e. The maximum absolute atomic E-state index is 12.8. The summed E-state index contributed by atoms with van der Waals surface area (Å²) in [6.07, 6.45) is -2.55. The number of amides is 2. The maximum atomic E-state index is 12.8. The second-order valence-corrected chi connectivity index (χ2v) is 6.44. The Labute approximate surface area is 167 Å². The first-order valence-corrected chi connectivity index (χ1v) is 9.35. The minimum absolute atomic E-state index is 0.0235. The third kappa shape index (κ3) is 6.94. The fraction of sp³-hybridized carbons (Fsp3) is 0.400. The number of benzene rings is 1. The Morgan fingerprint density at radius 3 is 2.34 bits per heavy atom. The summed E-state index contributed by atoms with van der Waals surface area (Å²) in [4.78, 5) is 18.2. The van der Waals surface area contributed by atoms with Gasteiger partial charge < -0.3 is 20.6 Å². The van der Waals surface area contributed by atoms with Gasteiger partial charge in [0.25, 0.3) is 0 Å². The minimum Gasteiger partial charge on any atom is -0.397 e. The lowest BCUT2D eigenvalue weighted by molar-refractivity contribution is -0.179. The van der Waals surface area contributed by atoms with Crippen LogP contribution < -0.4 is 15.5 Å². The molecular weight excluding hydrogens is 385 g/mol. The van der Waals surface area contributed by atoms with E-state index in [2.05, 4.69) is 15.6 Å². The van der Waals surface area contributed by atoms with Gasteiger partial charge in [0.1, 0.15) is 0 Å². The lowest BCUT2D eigenvalue weighted by Gasteiger charge is -2.34. The van der Waals surface area contributed by atoms with Gasteiger partial charge in [-0.15, -0.1) is 0 Å². The number of alkyl halides is 3. The van der Waals surface area contributed by atoms with Gasteiger partial charge in [0, 0.05) is 31.6 Å². The number of piperidine rings is 1. The molecule has 0 spiro atoms. The molecule has 0 unspecified atom stereocenters. The van der Waals surface area contributed by atoms with Crippen LogP contribution in [0.4, 0.5) is 35.2 Å². The van der Waals surface area contributed by atoms with E-state index in [1.165, 1.54) is 0 Å². The largest absolute Gasteiger partial charge is 0.397 e. The molecule has 0 bridgehead atoms. The number of nitrogens with one attached hydrogen (secondary N) is 2. The van der Waals surface area contributed by atoms with Crippen molar-refractivity contribution in [1.29, 1.82) is 0 Å². The Balaban J connectivity index is 0.000000941. The molecule has 1 aromatic heterocycles. The van der Waals surface area contributed by atoms with Crippen LogP contribution in [-0.4, -0.2) is 42.0 Å². The van der Waals surface area contributed by atoms with Gasteiger partial charge in [-0.05, 0) is 44.0 Å². The van der Waals surface area contributed by atoms with Gasteiger partial charge in [-0.2, -0.15) is 13.2 Å². The Morgan fingerprint density at radius 1 is 1.14 bits per heavy atom. The first-order valence-electron chi connectivity index (χ1n) is 9.35. The number of aromatic nitrogens is 1. The highest BCUT2D eigenvalue weighted by atomic mass is 19.4. The molecule has 1 saturated heterocycles. The maximum Gasteiger partial charge on any atom is 0.391 e. The lowest BCUT2D eigenvalue weighted by atomic mass is 9.96. The quantitative estimate of drug-likeness (QED) is 0.696. The molecule has 29 heavy (non-hydrogen) atoms. The molecule has 0 aliphatic carbocycles. The fourth-order valence-corrected chi connectivity index (χ4v) is 2.97. The summed E-state index contributed by atoms with van der Waals surface area (Å²) in [6.45, 7) is 2.42. The number of rotatable bonds is 3. The number of aliphatic hydroxyl groups excluding tert-OH is 1. The SMILES string of the molecule is CCO.O=C(Nc1ccccc1)Nc1cccnc1N1CCC(C(F)(F)F)CC1. The Hall–Kier alpha value is -2.81. The van der Waals surface area contributed by atoms with Crippen molar-refractivity contribution in [2.45, 2.75) is 25.9 Å². The first-order chi connectivity index (χ1) is 13.8. The number of urea groups is 1. The van der Waals surface area contributed by atoms with E-state index < -0.39 is 18.1 Å². The van der Waals surface area contributed by atoms with Crippen molar-refractivity contribution in [3.63, 3.8) is 0 Å². The number of halogens is 3. The van der Waals surface area contributed by atoms with Crippen LogP contribution in [0.2, 0.25) is 0 Å². The van der Waals surface area contributed by atoms with Crippen molar-refractivity contribution in [2.24, 2.45) is 5.92 Å². The number of hydrogen-bond donors (Lipinski definition) is 3. The predicted molar refractivity (Wildman–Crippen MR) is 107 cm³/mol. The van der Waals surface area contributed by atoms with Crippen LogP contribution in [0.15, 0.2) is 48.7 Å². The molecule has 2 aromatic rings. The Kier molecular flexibility index (Phi) is 8.26. The van der Waals surface area contributed by atoms with Crippen molar-refractivity contribution in [3.8, 4) is 0 Å². The van der Waals surface area contributed by atoms with Gasteiger partial charge in [-0.3, -0.25) is 0 Å². The standard InChI is InChI=1S/C18H19F3N4O.C2H6O/c19-18(20,21)13-8-11-25(12-9-13)16-15(7-4-10-22-16)24-17(26)23-14-5-2-1-3-6-14;1-2-3/h1-7,10,13H,8-9,11-12H2,(H2,23,24,26);3H,2H2,1H3. The van der Waals surface area contributed by atoms with Crippen molar-refractivity contribution in [1.82, 2.24) is 4.98 Å². The summed E-state index contributed by atoms with van der Waals surface area (Å²) in [6, 6.07) is 11.9. The van der Waals surface area contributed by atoms with E-state index in [1.807, 2.05) is 6.07 Å². The van der Waals surface area contributed by atoms with E-state index in [4.69, 9.17) is 5.11 Å². The molecule has 9 heteroatoms. The topological polar surface area (TPSA) is 77.5 Å². The van der Waals surface area contributed by atoms with E-state index in [1.54, 1.807) is 54.4 Å². The third-order valence-electron chi connectivity index (χ3n) is 4.32. The zero-order valence-corrected chi connectivity index (χ0v) is 16.1. The van der Waals surface area contributed by atoms with E-state index in [0.717, 1.165) is 0 Å². The van der Waals surface area contributed by atoms with Crippen molar-refractivity contribution in [3.05, 3.63) is 48.7 Å². The summed E-state index contributed by atoms with van der Waals surface area (Å²) in [7, 11) is 0. The van der Waals surface area contributed by atoms with Gasteiger partial charge in [0.05, 0.1) is 11.6 Å². The second-order valence-electron chi connectivity index (χ2n) is 6.44. The number of carbonyl (C=O) groups excluding carboxylic acids is 1. The van der Waals surface area contributed by atoms with Crippen LogP contribution >= 0.6 is 0 Å². The van der Waals surface area contributed by atoms with Crippen molar-refractivity contribution in [2.75, 3.05) is 35.2 Å². The van der Waals surface area contributed by atoms with Crippen LogP contribution in [0.3, 0.4) is 0 Å². The molecule has 1 aliphatic rings. The van der Waals surface area contributed by atoms with Gasteiger partial charge in [-0.1, -0.05) is 18.2 Å². The number of para-hydroxylation sites is 1. The molecule has 0 atom stereocenters. The Bertz CT molecular complexity index is 764. The number of nitrogens with zero attached hydrogens (tertiary/aromatic N) is 2.